The number of hydrogen-bond acceptors (Lipinski definition) is 2. The van der Waals surface area contributed by atoms with Gasteiger partial charge in [0.15, 0.2) is 0 Å². The number of aryl methyl sites for hydroxylation is 1. The van der Waals surface area contributed by atoms with Crippen LogP contribution < -0.4 is 5.32 Å². The molecule has 27 heavy (non-hydrogen) atoms. The Morgan fingerprint density at radius 2 is 1.67 bits per heavy atom. The number of halogens is 1. The van der Waals surface area contributed by atoms with Crippen molar-refractivity contribution < 1.29 is 14.0 Å². The molecular weight excluding hydrogens is 343 g/mol. The average molecular weight is 370 g/mol. The lowest BCUT2D eigenvalue weighted by molar-refractivity contribution is -0.140. The van der Waals surface area contributed by atoms with Gasteiger partial charge in [-0.3, -0.25) is 9.59 Å². The maximum absolute atomic E-state index is 13.2. The van der Waals surface area contributed by atoms with Crippen LogP contribution in [-0.4, -0.2) is 28.8 Å². The molecule has 0 aliphatic heterocycles. The SMILES string of the molecule is Cc1ccccc1CC(=O)N(Cc1ccc(F)cc1)[C@H](C)C(=O)NC(C)C. The van der Waals surface area contributed by atoms with E-state index in [1.165, 1.54) is 12.1 Å². The average Bonchev–Trinajstić information content (AvgIpc) is 2.62. The summed E-state index contributed by atoms with van der Waals surface area (Å²) >= 11 is 0. The van der Waals surface area contributed by atoms with Crippen molar-refractivity contribution in [2.45, 2.75) is 52.7 Å². The van der Waals surface area contributed by atoms with Gasteiger partial charge in [-0.15, -0.1) is 0 Å². The van der Waals surface area contributed by atoms with E-state index in [9.17, 15) is 14.0 Å². The predicted molar refractivity (Wildman–Crippen MR) is 105 cm³/mol. The van der Waals surface area contributed by atoms with Crippen LogP contribution in [0.15, 0.2) is 48.5 Å². The Morgan fingerprint density at radius 1 is 1.04 bits per heavy atom. The summed E-state index contributed by atoms with van der Waals surface area (Å²) in [7, 11) is 0. The molecule has 0 unspecified atom stereocenters. The molecule has 1 atom stereocenters. The summed E-state index contributed by atoms with van der Waals surface area (Å²) < 4.78 is 13.2. The fourth-order valence-electron chi connectivity index (χ4n) is 2.85. The van der Waals surface area contributed by atoms with E-state index in [1.54, 1.807) is 24.0 Å². The third-order valence-corrected chi connectivity index (χ3v) is 4.47. The molecule has 2 aromatic rings. The quantitative estimate of drug-likeness (QED) is 0.809. The van der Waals surface area contributed by atoms with Crippen LogP contribution in [0.2, 0.25) is 0 Å². The van der Waals surface area contributed by atoms with Gasteiger partial charge >= 0.3 is 0 Å². The highest BCUT2D eigenvalue weighted by Crippen LogP contribution is 2.15. The van der Waals surface area contributed by atoms with Gasteiger partial charge in [0, 0.05) is 12.6 Å². The van der Waals surface area contributed by atoms with Gasteiger partial charge in [0.25, 0.3) is 0 Å². The number of hydrogen-bond donors (Lipinski definition) is 1. The second kappa shape index (κ2) is 9.31. The van der Waals surface area contributed by atoms with E-state index in [1.807, 2.05) is 45.0 Å². The van der Waals surface area contributed by atoms with Crippen molar-refractivity contribution in [3.63, 3.8) is 0 Å². The molecule has 0 aromatic heterocycles. The molecule has 4 nitrogen and oxygen atoms in total. The van der Waals surface area contributed by atoms with E-state index >= 15 is 0 Å². The van der Waals surface area contributed by atoms with Gasteiger partial charge in [-0.1, -0.05) is 36.4 Å². The zero-order chi connectivity index (χ0) is 20.0. The minimum atomic E-state index is -0.631. The lowest BCUT2D eigenvalue weighted by Crippen LogP contribution is -2.49. The number of benzene rings is 2. The lowest BCUT2D eigenvalue weighted by Gasteiger charge is -2.29. The molecule has 2 rings (SSSR count). The Labute approximate surface area is 160 Å². The number of carbonyl (C=O) groups excluding carboxylic acids is 2. The number of rotatable bonds is 7. The van der Waals surface area contributed by atoms with Crippen LogP contribution in [0.1, 0.15) is 37.5 Å². The number of nitrogens with zero attached hydrogens (tertiary/aromatic N) is 1. The summed E-state index contributed by atoms with van der Waals surface area (Å²) in [6.07, 6.45) is 0.215. The van der Waals surface area contributed by atoms with Crippen LogP contribution in [0.25, 0.3) is 0 Å². The molecule has 0 aliphatic rings. The third-order valence-electron chi connectivity index (χ3n) is 4.47. The molecular formula is C22H27FN2O2. The summed E-state index contributed by atoms with van der Waals surface area (Å²) in [6, 6.07) is 13.0. The fraction of sp³-hybridized carbons (Fsp3) is 0.364. The molecule has 2 aromatic carbocycles. The number of carbonyl (C=O) groups is 2. The van der Waals surface area contributed by atoms with Crippen LogP contribution in [-0.2, 0) is 22.6 Å². The second-order valence-corrected chi connectivity index (χ2v) is 7.09. The highest BCUT2D eigenvalue weighted by molar-refractivity contribution is 5.88. The first-order chi connectivity index (χ1) is 12.8. The van der Waals surface area contributed by atoms with Crippen molar-refractivity contribution in [2.24, 2.45) is 0 Å². The van der Waals surface area contributed by atoms with E-state index in [4.69, 9.17) is 0 Å². The maximum Gasteiger partial charge on any atom is 0.242 e. The molecule has 0 aliphatic carbocycles. The molecule has 2 amide bonds. The molecule has 0 heterocycles. The fourth-order valence-corrected chi connectivity index (χ4v) is 2.85. The molecule has 144 valence electrons. The van der Waals surface area contributed by atoms with Crippen LogP contribution in [0, 0.1) is 12.7 Å². The molecule has 0 spiro atoms. The Balaban J connectivity index is 2.24. The minimum absolute atomic E-state index is 0.0147. The Bertz CT molecular complexity index is 787. The van der Waals surface area contributed by atoms with Gasteiger partial charge in [-0.25, -0.2) is 4.39 Å². The van der Waals surface area contributed by atoms with Crippen LogP contribution in [0.5, 0.6) is 0 Å². The van der Waals surface area contributed by atoms with Gasteiger partial charge < -0.3 is 10.2 Å². The monoisotopic (exact) mass is 370 g/mol. The van der Waals surface area contributed by atoms with Crippen molar-refractivity contribution in [3.8, 4) is 0 Å². The molecule has 0 fully saturated rings. The largest absolute Gasteiger partial charge is 0.352 e. The smallest absolute Gasteiger partial charge is 0.242 e. The summed E-state index contributed by atoms with van der Waals surface area (Å²) in [5.41, 5.74) is 2.74. The zero-order valence-electron chi connectivity index (χ0n) is 16.3. The number of nitrogens with one attached hydrogen (secondary N) is 1. The Morgan fingerprint density at radius 3 is 2.26 bits per heavy atom. The summed E-state index contributed by atoms with van der Waals surface area (Å²) in [4.78, 5) is 27.1. The number of amides is 2. The summed E-state index contributed by atoms with van der Waals surface area (Å²) in [5.74, 6) is -0.674. The second-order valence-electron chi connectivity index (χ2n) is 7.09. The van der Waals surface area contributed by atoms with Gasteiger partial charge in [-0.2, -0.15) is 0 Å². The highest BCUT2D eigenvalue weighted by Gasteiger charge is 2.26. The summed E-state index contributed by atoms with van der Waals surface area (Å²) in [6.45, 7) is 7.69. The summed E-state index contributed by atoms with van der Waals surface area (Å²) in [5, 5.41) is 2.86. The van der Waals surface area contributed by atoms with Crippen molar-refractivity contribution in [2.75, 3.05) is 0 Å². The van der Waals surface area contributed by atoms with Gasteiger partial charge in [-0.05, 0) is 56.5 Å². The Hall–Kier alpha value is -2.69. The molecule has 0 saturated carbocycles. The zero-order valence-corrected chi connectivity index (χ0v) is 16.3. The predicted octanol–water partition coefficient (Wildman–Crippen LogP) is 3.62. The van der Waals surface area contributed by atoms with E-state index in [0.717, 1.165) is 16.7 Å². The van der Waals surface area contributed by atoms with Gasteiger partial charge in [0.2, 0.25) is 11.8 Å². The van der Waals surface area contributed by atoms with Crippen LogP contribution >= 0.6 is 0 Å². The molecule has 5 heteroatoms. The Kier molecular flexibility index (Phi) is 7.11. The minimum Gasteiger partial charge on any atom is -0.352 e. The van der Waals surface area contributed by atoms with Gasteiger partial charge in [0.1, 0.15) is 11.9 Å². The molecule has 0 radical (unpaired) electrons. The first kappa shape index (κ1) is 20.6. The van der Waals surface area contributed by atoms with Crippen LogP contribution in [0.3, 0.4) is 0 Å². The van der Waals surface area contributed by atoms with Crippen molar-refractivity contribution in [3.05, 3.63) is 71.0 Å². The van der Waals surface area contributed by atoms with E-state index in [-0.39, 0.29) is 36.6 Å². The van der Waals surface area contributed by atoms with E-state index < -0.39 is 6.04 Å². The van der Waals surface area contributed by atoms with Crippen molar-refractivity contribution in [1.29, 1.82) is 0 Å². The van der Waals surface area contributed by atoms with Crippen LogP contribution in [0.4, 0.5) is 4.39 Å². The highest BCUT2D eigenvalue weighted by atomic mass is 19.1. The third kappa shape index (κ3) is 5.91. The van der Waals surface area contributed by atoms with E-state index in [0.29, 0.717) is 0 Å². The maximum atomic E-state index is 13.2. The van der Waals surface area contributed by atoms with Gasteiger partial charge in [0.05, 0.1) is 6.42 Å². The first-order valence-corrected chi connectivity index (χ1v) is 9.16. The van der Waals surface area contributed by atoms with E-state index in [2.05, 4.69) is 5.32 Å². The van der Waals surface area contributed by atoms with Crippen molar-refractivity contribution >= 4 is 11.8 Å². The molecule has 0 bridgehead atoms. The first-order valence-electron chi connectivity index (χ1n) is 9.16. The lowest BCUT2D eigenvalue weighted by atomic mass is 10.0. The normalized spacial score (nSPS) is 11.9. The molecule has 0 saturated heterocycles. The van der Waals surface area contributed by atoms with Crippen molar-refractivity contribution in [1.82, 2.24) is 10.2 Å². The molecule has 1 N–H and O–H groups in total. The standard InChI is InChI=1S/C22H27FN2O2/c1-15(2)24-22(27)17(4)25(14-18-9-11-20(23)12-10-18)21(26)13-19-8-6-5-7-16(19)3/h5-12,15,17H,13-14H2,1-4H3,(H,24,27)/t17-/m1/s1. The topological polar surface area (TPSA) is 49.4 Å².